The molecule has 0 amide bonds. The lowest BCUT2D eigenvalue weighted by Gasteiger charge is -1.88. The fourth-order valence-corrected chi connectivity index (χ4v) is 0.283. The van der Waals surface area contributed by atoms with Crippen molar-refractivity contribution in [1.29, 1.82) is 5.26 Å². The van der Waals surface area contributed by atoms with Crippen LogP contribution in [0.2, 0.25) is 0 Å². The number of aliphatic imine (C=N–C) groups is 1. The van der Waals surface area contributed by atoms with Gasteiger partial charge in [-0.25, -0.2) is 0 Å². The average Bonchev–Trinajstić information content (AvgIpc) is 1.97. The van der Waals surface area contributed by atoms with Crippen LogP contribution >= 0.6 is 0 Å². The number of hydrogen-bond donors (Lipinski definition) is 1. The van der Waals surface area contributed by atoms with Crippen molar-refractivity contribution >= 4 is 6.21 Å². The molecule has 0 aliphatic carbocycles. The van der Waals surface area contributed by atoms with Gasteiger partial charge in [0.25, 0.3) is 0 Å². The number of rotatable bonds is 3. The van der Waals surface area contributed by atoms with Gasteiger partial charge in [-0.3, -0.25) is 10.7 Å². The summed E-state index contributed by atoms with van der Waals surface area (Å²) >= 11 is 0. The van der Waals surface area contributed by atoms with Crippen LogP contribution in [0.25, 0.3) is 0 Å². The fraction of sp³-hybridized carbons (Fsp3) is 0.200. The maximum atomic E-state index is 9.85. The molecule has 6 heteroatoms. The molecule has 0 aromatic heterocycles. The number of nitrogens with two attached hydrogens (primary N) is 1. The van der Waals surface area contributed by atoms with Gasteiger partial charge < -0.3 is 10.1 Å². The van der Waals surface area contributed by atoms with Gasteiger partial charge in [-0.05, 0) is 4.92 Å². The topological polar surface area (TPSA) is 105 Å². The van der Waals surface area contributed by atoms with Crippen molar-refractivity contribution in [2.75, 3.05) is 6.54 Å². The van der Waals surface area contributed by atoms with E-state index in [1.165, 1.54) is 0 Å². The van der Waals surface area contributed by atoms with E-state index in [1.807, 2.05) is 0 Å². The standard InChI is InChI=1S/C5H6N4O2/c6-2-4-8-3-1-5(7)9(10)11/h1,3H,4,7H2/b5-1+,8-3?. The SMILES string of the molecule is N#CCN=C/C=C(\N)[N+](=O)[O-]. The van der Waals surface area contributed by atoms with Crippen molar-refractivity contribution in [2.24, 2.45) is 10.7 Å². The van der Waals surface area contributed by atoms with E-state index in [0.717, 1.165) is 12.3 Å². The van der Waals surface area contributed by atoms with Crippen molar-refractivity contribution in [3.63, 3.8) is 0 Å². The van der Waals surface area contributed by atoms with Crippen LogP contribution in [0.15, 0.2) is 16.9 Å². The van der Waals surface area contributed by atoms with Crippen molar-refractivity contribution in [1.82, 2.24) is 0 Å². The highest BCUT2D eigenvalue weighted by atomic mass is 16.6. The molecule has 0 aliphatic rings. The lowest BCUT2D eigenvalue weighted by molar-refractivity contribution is -0.426. The van der Waals surface area contributed by atoms with Gasteiger partial charge >= 0.3 is 5.82 Å². The van der Waals surface area contributed by atoms with E-state index in [2.05, 4.69) is 4.99 Å². The Hall–Kier alpha value is -1.90. The molecular formula is C5H6N4O2. The van der Waals surface area contributed by atoms with Crippen LogP contribution in [0.5, 0.6) is 0 Å². The van der Waals surface area contributed by atoms with Gasteiger partial charge in [-0.2, -0.15) is 5.26 Å². The highest BCUT2D eigenvalue weighted by Gasteiger charge is 1.94. The molecule has 0 spiro atoms. The smallest absolute Gasteiger partial charge is 0.315 e. The number of nitrogens with zero attached hydrogens (tertiary/aromatic N) is 3. The molecule has 0 saturated carbocycles. The second kappa shape index (κ2) is 4.93. The van der Waals surface area contributed by atoms with Crippen LogP contribution in [-0.2, 0) is 0 Å². The van der Waals surface area contributed by atoms with Gasteiger partial charge in [0.15, 0.2) is 0 Å². The molecule has 0 radical (unpaired) electrons. The summed E-state index contributed by atoms with van der Waals surface area (Å²) < 4.78 is 0. The van der Waals surface area contributed by atoms with Crippen molar-refractivity contribution < 1.29 is 4.92 Å². The zero-order valence-corrected chi connectivity index (χ0v) is 5.60. The fourth-order valence-electron chi connectivity index (χ4n) is 0.283. The van der Waals surface area contributed by atoms with E-state index >= 15 is 0 Å². The summed E-state index contributed by atoms with van der Waals surface area (Å²) in [6.45, 7) is -0.0263. The normalized spacial score (nSPS) is 11.4. The second-order valence-corrected chi connectivity index (χ2v) is 1.50. The molecule has 0 aliphatic heterocycles. The first-order valence-electron chi connectivity index (χ1n) is 2.65. The molecular weight excluding hydrogens is 148 g/mol. The summed E-state index contributed by atoms with van der Waals surface area (Å²) in [6, 6.07) is 1.73. The molecule has 58 valence electrons. The van der Waals surface area contributed by atoms with Gasteiger partial charge in [-0.15, -0.1) is 0 Å². The molecule has 0 rings (SSSR count). The Balaban J connectivity index is 3.94. The van der Waals surface area contributed by atoms with Gasteiger partial charge in [0.2, 0.25) is 0 Å². The summed E-state index contributed by atoms with van der Waals surface area (Å²) in [5, 5.41) is 17.8. The second-order valence-electron chi connectivity index (χ2n) is 1.50. The number of nitriles is 1. The Labute approximate surface area is 62.8 Å². The minimum absolute atomic E-state index is 0.0263. The molecule has 11 heavy (non-hydrogen) atoms. The Morgan fingerprint density at radius 3 is 3.00 bits per heavy atom. The Bertz CT molecular complexity index is 237. The zero-order chi connectivity index (χ0) is 8.69. The van der Waals surface area contributed by atoms with Crippen molar-refractivity contribution in [2.45, 2.75) is 0 Å². The van der Waals surface area contributed by atoms with Crippen LogP contribution < -0.4 is 5.73 Å². The van der Waals surface area contributed by atoms with Crippen LogP contribution in [-0.4, -0.2) is 17.7 Å². The number of nitro groups is 1. The lowest BCUT2D eigenvalue weighted by Crippen LogP contribution is -2.08. The molecule has 0 atom stereocenters. The van der Waals surface area contributed by atoms with Crippen LogP contribution in [0.3, 0.4) is 0 Å². The molecule has 0 aromatic rings. The van der Waals surface area contributed by atoms with E-state index in [1.54, 1.807) is 6.07 Å². The summed E-state index contributed by atoms with van der Waals surface area (Å²) in [5.74, 6) is -0.494. The summed E-state index contributed by atoms with van der Waals surface area (Å²) in [5.41, 5.74) is 4.89. The first-order chi connectivity index (χ1) is 5.18. The third kappa shape index (κ3) is 4.59. The Morgan fingerprint density at radius 2 is 2.55 bits per heavy atom. The highest BCUT2D eigenvalue weighted by molar-refractivity contribution is 5.71. The molecule has 0 aromatic carbocycles. The predicted molar refractivity (Wildman–Crippen MR) is 38.2 cm³/mol. The molecule has 2 N–H and O–H groups in total. The largest absolute Gasteiger partial charge is 0.358 e. The first kappa shape index (κ1) is 9.10. The third-order valence-electron chi connectivity index (χ3n) is 0.724. The third-order valence-corrected chi connectivity index (χ3v) is 0.724. The highest BCUT2D eigenvalue weighted by Crippen LogP contribution is 1.80. The first-order valence-corrected chi connectivity index (χ1v) is 2.65. The predicted octanol–water partition coefficient (Wildman–Crippen LogP) is -0.342. The van der Waals surface area contributed by atoms with Crippen LogP contribution in [0.4, 0.5) is 0 Å². The average molecular weight is 154 g/mol. The van der Waals surface area contributed by atoms with Crippen molar-refractivity contribution in [3.8, 4) is 6.07 Å². The minimum Gasteiger partial charge on any atom is -0.358 e. The van der Waals surface area contributed by atoms with Gasteiger partial charge in [0, 0.05) is 12.3 Å². The van der Waals surface area contributed by atoms with Gasteiger partial charge in [-0.1, -0.05) is 0 Å². The summed E-state index contributed by atoms with van der Waals surface area (Å²) in [6.07, 6.45) is 2.15. The molecule has 0 heterocycles. The van der Waals surface area contributed by atoms with Gasteiger partial charge in [0.1, 0.15) is 6.54 Å². The van der Waals surface area contributed by atoms with Gasteiger partial charge in [0.05, 0.1) is 6.07 Å². The number of allylic oxidation sites excluding steroid dienone is 1. The van der Waals surface area contributed by atoms with E-state index in [9.17, 15) is 10.1 Å². The quantitative estimate of drug-likeness (QED) is 0.259. The van der Waals surface area contributed by atoms with Crippen molar-refractivity contribution in [3.05, 3.63) is 22.0 Å². The summed E-state index contributed by atoms with van der Waals surface area (Å²) in [4.78, 5) is 12.6. The Morgan fingerprint density at radius 1 is 1.91 bits per heavy atom. The van der Waals surface area contributed by atoms with E-state index in [-0.39, 0.29) is 6.54 Å². The summed E-state index contributed by atoms with van der Waals surface area (Å²) in [7, 11) is 0. The molecule has 0 saturated heterocycles. The maximum Gasteiger partial charge on any atom is 0.315 e. The molecule has 6 nitrogen and oxygen atoms in total. The van der Waals surface area contributed by atoms with E-state index in [0.29, 0.717) is 0 Å². The molecule has 0 fully saturated rings. The molecule has 0 bridgehead atoms. The van der Waals surface area contributed by atoms with E-state index < -0.39 is 10.7 Å². The lowest BCUT2D eigenvalue weighted by atomic mass is 10.6. The van der Waals surface area contributed by atoms with E-state index in [4.69, 9.17) is 11.0 Å². The monoisotopic (exact) mass is 154 g/mol. The van der Waals surface area contributed by atoms with Crippen LogP contribution in [0, 0.1) is 21.4 Å². The molecule has 0 unspecified atom stereocenters. The number of hydrogen-bond acceptors (Lipinski definition) is 5. The zero-order valence-electron chi connectivity index (χ0n) is 5.60. The minimum atomic E-state index is -0.738. The Kier molecular flexibility index (Phi) is 4.08. The van der Waals surface area contributed by atoms with Crippen LogP contribution in [0.1, 0.15) is 0 Å². The maximum absolute atomic E-state index is 9.85.